The molecule has 1 aromatic heterocycles. The maximum absolute atomic E-state index is 10.5. The number of aryl methyl sites for hydroxylation is 2. The molecule has 39 heavy (non-hydrogen) atoms. The van der Waals surface area contributed by atoms with Gasteiger partial charge in [-0.25, -0.2) is 0 Å². The smallest absolute Gasteiger partial charge is 0.294 e. The highest BCUT2D eigenvalue weighted by Crippen LogP contribution is 2.34. The number of hydrogen-bond donors (Lipinski definition) is 1. The van der Waals surface area contributed by atoms with Crippen LogP contribution in [0.1, 0.15) is 38.2 Å². The first-order chi connectivity index (χ1) is 18.8. The molecule has 0 bridgehead atoms. The van der Waals surface area contributed by atoms with Crippen molar-refractivity contribution in [3.05, 3.63) is 103 Å². The number of unbranched alkanes of at least 4 members (excludes halogenated alkanes) is 3. The summed E-state index contributed by atoms with van der Waals surface area (Å²) >= 11 is 0. The van der Waals surface area contributed by atoms with Gasteiger partial charge in [-0.2, -0.15) is 13.0 Å². The summed E-state index contributed by atoms with van der Waals surface area (Å²) in [5, 5.41) is 2.55. The fraction of sp³-hybridized carbons (Fsp3) is 0.242. The molecule has 0 saturated carbocycles. The highest BCUT2D eigenvalue weighted by molar-refractivity contribution is 7.85. The van der Waals surface area contributed by atoms with E-state index in [1.807, 2.05) is 6.92 Å². The summed E-state index contributed by atoms with van der Waals surface area (Å²) in [5.74, 6) is 0.954. The lowest BCUT2D eigenvalue weighted by Gasteiger charge is -2.11. The fourth-order valence-corrected chi connectivity index (χ4v) is 5.17. The number of fused-ring (bicyclic) bond motifs is 2. The van der Waals surface area contributed by atoms with Crippen LogP contribution in [0.3, 0.4) is 0 Å². The molecule has 0 fully saturated rings. The minimum absolute atomic E-state index is 0.0666. The Kier molecular flexibility index (Phi) is 9.33. The van der Waals surface area contributed by atoms with Gasteiger partial charge in [0.05, 0.1) is 22.3 Å². The third-order valence-electron chi connectivity index (χ3n) is 6.80. The van der Waals surface area contributed by atoms with E-state index >= 15 is 0 Å². The van der Waals surface area contributed by atoms with E-state index in [-0.39, 0.29) is 4.90 Å². The van der Waals surface area contributed by atoms with Crippen LogP contribution in [0.15, 0.2) is 102 Å². The second-order valence-corrected chi connectivity index (χ2v) is 11.1. The van der Waals surface area contributed by atoms with Gasteiger partial charge in [0.15, 0.2) is 0 Å². The molecule has 1 heterocycles. The maximum atomic E-state index is 10.5. The SMILES string of the molecule is CCCCCCOc1ccc(-c2c3ccccc3[n+](C)c3ccccc23)cc1.Cc1ccc(S(=O)(=O)O)cc1. The molecule has 0 unspecified atom stereocenters. The van der Waals surface area contributed by atoms with Crippen molar-refractivity contribution < 1.29 is 22.3 Å². The lowest BCUT2D eigenvalue weighted by molar-refractivity contribution is -0.617. The van der Waals surface area contributed by atoms with Crippen molar-refractivity contribution in [2.45, 2.75) is 44.4 Å². The summed E-state index contributed by atoms with van der Waals surface area (Å²) in [6.45, 7) is 4.87. The molecule has 0 amide bonds. The van der Waals surface area contributed by atoms with Gasteiger partial charge < -0.3 is 4.74 Å². The van der Waals surface area contributed by atoms with E-state index in [0.717, 1.165) is 24.3 Å². The summed E-state index contributed by atoms with van der Waals surface area (Å²) in [5.41, 5.74) is 5.96. The molecule has 0 aliphatic heterocycles. The molecule has 0 radical (unpaired) electrons. The Hall–Kier alpha value is -3.74. The highest BCUT2D eigenvalue weighted by Gasteiger charge is 2.18. The third kappa shape index (κ3) is 7.02. The number of rotatable bonds is 8. The fourth-order valence-electron chi connectivity index (χ4n) is 4.69. The number of hydrogen-bond acceptors (Lipinski definition) is 3. The molecule has 5 rings (SSSR count). The van der Waals surface area contributed by atoms with Crippen LogP contribution < -0.4 is 9.30 Å². The van der Waals surface area contributed by atoms with E-state index in [1.54, 1.807) is 12.1 Å². The number of nitrogens with zero attached hydrogens (tertiary/aromatic N) is 1. The number of aromatic nitrogens is 1. The zero-order chi connectivity index (χ0) is 27.8. The van der Waals surface area contributed by atoms with E-state index in [9.17, 15) is 8.42 Å². The number of pyridine rings is 1. The van der Waals surface area contributed by atoms with Crippen LogP contribution in [0.4, 0.5) is 0 Å². The lowest BCUT2D eigenvalue weighted by Crippen LogP contribution is -2.30. The molecule has 6 heteroatoms. The summed E-state index contributed by atoms with van der Waals surface area (Å²) in [4.78, 5) is -0.0666. The molecule has 1 N–H and O–H groups in total. The van der Waals surface area contributed by atoms with Gasteiger partial charge >= 0.3 is 0 Å². The normalized spacial score (nSPS) is 11.3. The first-order valence-corrected chi connectivity index (χ1v) is 14.8. The Morgan fingerprint density at radius 3 is 1.85 bits per heavy atom. The molecule has 0 atom stereocenters. The van der Waals surface area contributed by atoms with Crippen molar-refractivity contribution in [1.82, 2.24) is 0 Å². The summed E-state index contributed by atoms with van der Waals surface area (Å²) in [7, 11) is -1.88. The zero-order valence-corrected chi connectivity index (χ0v) is 23.6. The second-order valence-electron chi connectivity index (χ2n) is 9.69. The molecule has 0 aliphatic rings. The van der Waals surface area contributed by atoms with Crippen LogP contribution in [-0.4, -0.2) is 19.6 Å². The van der Waals surface area contributed by atoms with Crippen molar-refractivity contribution in [2.75, 3.05) is 6.61 Å². The van der Waals surface area contributed by atoms with E-state index in [1.165, 1.54) is 64.3 Å². The standard InChI is InChI=1S/C26H28NO.C7H8O3S/c1-3-4-5-10-19-28-21-17-15-20(16-18-21)26-22-11-6-8-13-24(22)27(2)25-14-9-7-12-23(25)26;1-6-2-4-7(5-3-6)11(8,9)10/h6-9,11-18H,3-5,10,19H2,1-2H3;2-5H,1H3,(H,8,9,10)/q+1;. The van der Waals surface area contributed by atoms with Crippen LogP contribution >= 0.6 is 0 Å². The van der Waals surface area contributed by atoms with Gasteiger partial charge in [-0.1, -0.05) is 80.3 Å². The van der Waals surface area contributed by atoms with E-state index in [0.29, 0.717) is 0 Å². The van der Waals surface area contributed by atoms with Crippen LogP contribution in [0.5, 0.6) is 5.75 Å². The number of ether oxygens (including phenoxy) is 1. The van der Waals surface area contributed by atoms with Crippen molar-refractivity contribution in [1.29, 1.82) is 0 Å². The third-order valence-corrected chi connectivity index (χ3v) is 7.67. The zero-order valence-electron chi connectivity index (χ0n) is 22.8. The lowest BCUT2D eigenvalue weighted by atomic mass is 9.96. The first kappa shape index (κ1) is 28.3. The van der Waals surface area contributed by atoms with Gasteiger partial charge in [0.1, 0.15) is 12.8 Å². The average Bonchev–Trinajstić information content (AvgIpc) is 2.94. The number of para-hydroxylation sites is 2. The molecule has 0 aliphatic carbocycles. The van der Waals surface area contributed by atoms with Gasteiger partial charge in [0, 0.05) is 17.7 Å². The molecular formula is C33H36NO4S+. The minimum Gasteiger partial charge on any atom is -0.494 e. The van der Waals surface area contributed by atoms with Crippen molar-refractivity contribution in [3.8, 4) is 16.9 Å². The van der Waals surface area contributed by atoms with Crippen molar-refractivity contribution in [3.63, 3.8) is 0 Å². The topological polar surface area (TPSA) is 67.5 Å². The first-order valence-electron chi connectivity index (χ1n) is 13.4. The monoisotopic (exact) mass is 542 g/mol. The Morgan fingerprint density at radius 1 is 0.744 bits per heavy atom. The maximum Gasteiger partial charge on any atom is 0.294 e. The van der Waals surface area contributed by atoms with E-state index in [2.05, 4.69) is 91.3 Å². The average molecular weight is 543 g/mol. The van der Waals surface area contributed by atoms with E-state index < -0.39 is 10.1 Å². The molecule has 202 valence electrons. The van der Waals surface area contributed by atoms with Gasteiger partial charge in [-0.3, -0.25) is 4.55 Å². The van der Waals surface area contributed by atoms with Crippen LogP contribution in [0.2, 0.25) is 0 Å². The predicted molar refractivity (Wildman–Crippen MR) is 159 cm³/mol. The van der Waals surface area contributed by atoms with Gasteiger partial charge in [0.25, 0.3) is 10.1 Å². The second kappa shape index (κ2) is 12.9. The van der Waals surface area contributed by atoms with Crippen molar-refractivity contribution in [2.24, 2.45) is 7.05 Å². The molecule has 0 saturated heterocycles. The van der Waals surface area contributed by atoms with Gasteiger partial charge in [0.2, 0.25) is 11.0 Å². The summed E-state index contributed by atoms with van der Waals surface area (Å²) in [6.07, 6.45) is 4.91. The Morgan fingerprint density at radius 2 is 1.31 bits per heavy atom. The van der Waals surface area contributed by atoms with Gasteiger partial charge in [-0.05, 0) is 55.3 Å². The molecule has 5 nitrogen and oxygen atoms in total. The Balaban J connectivity index is 0.000000270. The van der Waals surface area contributed by atoms with Crippen LogP contribution in [0, 0.1) is 6.92 Å². The Bertz CT molecular complexity index is 1590. The van der Waals surface area contributed by atoms with Crippen molar-refractivity contribution >= 4 is 31.9 Å². The van der Waals surface area contributed by atoms with Crippen LogP contribution in [-0.2, 0) is 17.2 Å². The molecule has 5 aromatic rings. The predicted octanol–water partition coefficient (Wildman–Crippen LogP) is 7.69. The summed E-state index contributed by atoms with van der Waals surface area (Å²) in [6, 6.07) is 31.8. The highest BCUT2D eigenvalue weighted by atomic mass is 32.2. The minimum atomic E-state index is -4.02. The molecule has 4 aromatic carbocycles. The van der Waals surface area contributed by atoms with Gasteiger partial charge in [-0.15, -0.1) is 0 Å². The Labute approximate surface area is 231 Å². The molecular weight excluding hydrogens is 506 g/mol. The van der Waals surface area contributed by atoms with E-state index in [4.69, 9.17) is 9.29 Å². The largest absolute Gasteiger partial charge is 0.494 e. The van der Waals surface area contributed by atoms with Crippen LogP contribution in [0.25, 0.3) is 32.9 Å². The quantitative estimate of drug-likeness (QED) is 0.0945. The number of benzene rings is 4. The molecule has 0 spiro atoms. The summed E-state index contributed by atoms with van der Waals surface area (Å²) < 4.78 is 37.8.